The fourth-order valence-corrected chi connectivity index (χ4v) is 1.66. The van der Waals surface area contributed by atoms with Gasteiger partial charge in [0.1, 0.15) is 5.82 Å². The highest BCUT2D eigenvalue weighted by Gasteiger charge is 2.04. The van der Waals surface area contributed by atoms with Crippen LogP contribution < -0.4 is 0 Å². The van der Waals surface area contributed by atoms with Gasteiger partial charge in [-0.05, 0) is 23.3 Å². The van der Waals surface area contributed by atoms with E-state index in [-0.39, 0.29) is 5.82 Å². The summed E-state index contributed by atoms with van der Waals surface area (Å²) in [5, 5.41) is 0. The molecule has 2 heteroatoms. The molecule has 0 radical (unpaired) electrons. The molecule has 2 aromatic carbocycles. The van der Waals surface area contributed by atoms with Crippen LogP contribution in [0.15, 0.2) is 48.5 Å². The Labute approximate surface area is 93.3 Å². The molecule has 0 N–H and O–H groups in total. The van der Waals surface area contributed by atoms with Gasteiger partial charge in [-0.1, -0.05) is 36.4 Å². The third-order valence-electron chi connectivity index (χ3n) is 2.27. The maximum Gasteiger partial charge on any atom is 0.131 e. The van der Waals surface area contributed by atoms with Gasteiger partial charge in [0.05, 0.1) is 0 Å². The molecule has 76 valence electrons. The standard InChI is InChI=1S/C13H10ClF/c14-9-10-6-7-13(15)12(8-10)11-4-2-1-3-5-11/h1-8H,9H2. The van der Waals surface area contributed by atoms with Crippen molar-refractivity contribution < 1.29 is 4.39 Å². The summed E-state index contributed by atoms with van der Waals surface area (Å²) in [5.74, 6) is 0.190. The van der Waals surface area contributed by atoms with E-state index in [9.17, 15) is 4.39 Å². The third-order valence-corrected chi connectivity index (χ3v) is 2.58. The van der Waals surface area contributed by atoms with Gasteiger partial charge in [-0.15, -0.1) is 11.6 Å². The summed E-state index contributed by atoms with van der Waals surface area (Å²) < 4.78 is 13.5. The summed E-state index contributed by atoms with van der Waals surface area (Å²) in [6.07, 6.45) is 0. The van der Waals surface area contributed by atoms with Crippen LogP contribution in [0.1, 0.15) is 5.56 Å². The van der Waals surface area contributed by atoms with Crippen LogP contribution in [-0.4, -0.2) is 0 Å². The summed E-state index contributed by atoms with van der Waals surface area (Å²) in [6.45, 7) is 0. The molecule has 0 heterocycles. The molecule has 0 unspecified atom stereocenters. The first-order valence-corrected chi connectivity index (χ1v) is 5.24. The van der Waals surface area contributed by atoms with Crippen molar-refractivity contribution in [3.63, 3.8) is 0 Å². The van der Waals surface area contributed by atoms with Crippen molar-refractivity contribution in [2.45, 2.75) is 5.88 Å². The summed E-state index contributed by atoms with van der Waals surface area (Å²) in [7, 11) is 0. The average molecular weight is 221 g/mol. The van der Waals surface area contributed by atoms with Crippen molar-refractivity contribution in [1.82, 2.24) is 0 Å². The fourth-order valence-electron chi connectivity index (χ4n) is 1.49. The second-order valence-corrected chi connectivity index (χ2v) is 3.58. The minimum absolute atomic E-state index is 0.213. The van der Waals surface area contributed by atoms with E-state index in [1.807, 2.05) is 30.3 Å². The molecular formula is C13H10ClF. The first-order chi connectivity index (χ1) is 7.31. The minimum Gasteiger partial charge on any atom is -0.206 e. The Balaban J connectivity index is 2.52. The second kappa shape index (κ2) is 4.45. The molecule has 15 heavy (non-hydrogen) atoms. The summed E-state index contributed by atoms with van der Waals surface area (Å²) in [5.41, 5.74) is 2.41. The topological polar surface area (TPSA) is 0 Å². The number of benzene rings is 2. The van der Waals surface area contributed by atoms with Gasteiger partial charge in [-0.25, -0.2) is 4.39 Å². The highest BCUT2D eigenvalue weighted by molar-refractivity contribution is 6.17. The van der Waals surface area contributed by atoms with Crippen molar-refractivity contribution in [3.8, 4) is 11.1 Å². The number of hydrogen-bond acceptors (Lipinski definition) is 0. The number of hydrogen-bond donors (Lipinski definition) is 0. The summed E-state index contributed by atoms with van der Waals surface area (Å²) >= 11 is 5.72. The van der Waals surface area contributed by atoms with Gasteiger partial charge in [-0.3, -0.25) is 0 Å². The highest BCUT2D eigenvalue weighted by Crippen LogP contribution is 2.24. The Morgan fingerprint density at radius 3 is 2.40 bits per heavy atom. The molecule has 0 amide bonds. The molecule has 0 spiro atoms. The molecule has 0 aliphatic carbocycles. The van der Waals surface area contributed by atoms with Crippen molar-refractivity contribution in [3.05, 3.63) is 59.9 Å². The van der Waals surface area contributed by atoms with Gasteiger partial charge < -0.3 is 0 Å². The maximum atomic E-state index is 13.5. The molecule has 0 saturated carbocycles. The molecule has 0 aromatic heterocycles. The van der Waals surface area contributed by atoms with E-state index >= 15 is 0 Å². The molecule has 0 aliphatic heterocycles. The highest BCUT2D eigenvalue weighted by atomic mass is 35.5. The number of rotatable bonds is 2. The van der Waals surface area contributed by atoms with E-state index in [0.717, 1.165) is 11.1 Å². The van der Waals surface area contributed by atoms with Crippen molar-refractivity contribution in [2.75, 3.05) is 0 Å². The molecule has 0 atom stereocenters. The lowest BCUT2D eigenvalue weighted by molar-refractivity contribution is 0.631. The predicted molar refractivity (Wildman–Crippen MR) is 61.4 cm³/mol. The maximum absolute atomic E-state index is 13.5. The molecule has 0 saturated heterocycles. The summed E-state index contributed by atoms with van der Waals surface area (Å²) in [4.78, 5) is 0. The largest absolute Gasteiger partial charge is 0.206 e. The van der Waals surface area contributed by atoms with Crippen LogP contribution in [0.5, 0.6) is 0 Å². The second-order valence-electron chi connectivity index (χ2n) is 3.31. The van der Waals surface area contributed by atoms with Crippen molar-refractivity contribution >= 4 is 11.6 Å². The van der Waals surface area contributed by atoms with Gasteiger partial charge in [-0.2, -0.15) is 0 Å². The zero-order chi connectivity index (χ0) is 10.7. The van der Waals surface area contributed by atoms with Crippen LogP contribution in [0.3, 0.4) is 0 Å². The van der Waals surface area contributed by atoms with E-state index in [1.165, 1.54) is 6.07 Å². The van der Waals surface area contributed by atoms with Crippen LogP contribution in [-0.2, 0) is 5.88 Å². The normalized spacial score (nSPS) is 10.3. The van der Waals surface area contributed by atoms with Gasteiger partial charge in [0.25, 0.3) is 0 Å². The van der Waals surface area contributed by atoms with Crippen LogP contribution in [0.2, 0.25) is 0 Å². The Kier molecular flexibility index (Phi) is 3.02. The van der Waals surface area contributed by atoms with Crippen molar-refractivity contribution in [2.24, 2.45) is 0 Å². The van der Waals surface area contributed by atoms with Gasteiger partial charge in [0, 0.05) is 11.4 Å². The lowest BCUT2D eigenvalue weighted by Gasteiger charge is -2.05. The van der Waals surface area contributed by atoms with E-state index < -0.39 is 0 Å². The van der Waals surface area contributed by atoms with E-state index in [4.69, 9.17) is 11.6 Å². The molecular weight excluding hydrogens is 211 g/mol. The van der Waals surface area contributed by atoms with Gasteiger partial charge >= 0.3 is 0 Å². The number of alkyl halides is 1. The van der Waals surface area contributed by atoms with Crippen LogP contribution in [0.25, 0.3) is 11.1 Å². The smallest absolute Gasteiger partial charge is 0.131 e. The average Bonchev–Trinajstić information content (AvgIpc) is 2.31. The minimum atomic E-state index is -0.213. The quantitative estimate of drug-likeness (QED) is 0.665. The van der Waals surface area contributed by atoms with Crippen LogP contribution >= 0.6 is 11.6 Å². The van der Waals surface area contributed by atoms with Crippen molar-refractivity contribution in [1.29, 1.82) is 0 Å². The van der Waals surface area contributed by atoms with Crippen LogP contribution in [0, 0.1) is 5.82 Å². The monoisotopic (exact) mass is 220 g/mol. The van der Waals surface area contributed by atoms with E-state index in [2.05, 4.69) is 0 Å². The Bertz CT molecular complexity index is 451. The predicted octanol–water partition coefficient (Wildman–Crippen LogP) is 4.23. The number of halogens is 2. The van der Waals surface area contributed by atoms with Gasteiger partial charge in [0.15, 0.2) is 0 Å². The third kappa shape index (κ3) is 2.18. The molecule has 2 aromatic rings. The molecule has 0 nitrogen and oxygen atoms in total. The first-order valence-electron chi connectivity index (χ1n) is 4.71. The van der Waals surface area contributed by atoms with Gasteiger partial charge in [0.2, 0.25) is 0 Å². The molecule has 0 bridgehead atoms. The Morgan fingerprint density at radius 2 is 1.73 bits per heavy atom. The zero-order valence-electron chi connectivity index (χ0n) is 8.08. The first kappa shape index (κ1) is 10.2. The lowest BCUT2D eigenvalue weighted by atomic mass is 10.0. The summed E-state index contributed by atoms with van der Waals surface area (Å²) in [6, 6.07) is 14.4. The molecule has 0 fully saturated rings. The Morgan fingerprint density at radius 1 is 1.00 bits per heavy atom. The Hall–Kier alpha value is -1.34. The molecule has 0 aliphatic rings. The van der Waals surface area contributed by atoms with E-state index in [0.29, 0.717) is 11.4 Å². The zero-order valence-corrected chi connectivity index (χ0v) is 8.84. The van der Waals surface area contributed by atoms with E-state index in [1.54, 1.807) is 12.1 Å². The molecule has 2 rings (SSSR count). The fraction of sp³-hybridized carbons (Fsp3) is 0.0769. The lowest BCUT2D eigenvalue weighted by Crippen LogP contribution is -1.86. The SMILES string of the molecule is Fc1ccc(CCl)cc1-c1ccccc1. The van der Waals surface area contributed by atoms with Crippen LogP contribution in [0.4, 0.5) is 4.39 Å².